The quantitative estimate of drug-likeness (QED) is 0.658. The second-order valence-electron chi connectivity index (χ2n) is 6.63. The van der Waals surface area contributed by atoms with Gasteiger partial charge in [-0.25, -0.2) is 0 Å². The Morgan fingerprint density at radius 1 is 0.692 bits per heavy atom. The predicted octanol–water partition coefficient (Wildman–Crippen LogP) is 4.73. The predicted molar refractivity (Wildman–Crippen MR) is 105 cm³/mol. The molecule has 0 saturated carbocycles. The zero-order valence-corrected chi connectivity index (χ0v) is 14.6. The molecule has 26 heavy (non-hydrogen) atoms. The van der Waals surface area contributed by atoms with E-state index >= 15 is 0 Å². The summed E-state index contributed by atoms with van der Waals surface area (Å²) < 4.78 is 0. The molecule has 0 fully saturated rings. The normalized spacial score (nSPS) is 14.2. The van der Waals surface area contributed by atoms with Gasteiger partial charge in [-0.1, -0.05) is 91.0 Å². The molecule has 2 heteroatoms. The number of benzene rings is 3. The molecule has 1 aliphatic heterocycles. The van der Waals surface area contributed by atoms with Crippen LogP contribution >= 0.6 is 0 Å². The van der Waals surface area contributed by atoms with Crippen molar-refractivity contribution in [2.75, 3.05) is 6.54 Å². The summed E-state index contributed by atoms with van der Waals surface area (Å²) in [6.45, 7) is 1.31. The molecular weight excluding hydrogens is 318 g/mol. The Morgan fingerprint density at radius 2 is 1.23 bits per heavy atom. The van der Waals surface area contributed by atoms with E-state index < -0.39 is 0 Å². The zero-order chi connectivity index (χ0) is 17.8. The summed E-state index contributed by atoms with van der Waals surface area (Å²) >= 11 is 0. The zero-order valence-electron chi connectivity index (χ0n) is 14.6. The molecule has 1 amide bonds. The van der Waals surface area contributed by atoms with Gasteiger partial charge in [0, 0.05) is 25.1 Å². The molecule has 0 N–H and O–H groups in total. The average Bonchev–Trinajstić information content (AvgIpc) is 3.00. The molecule has 0 bridgehead atoms. The molecular formula is C24H21NO. The minimum atomic E-state index is 0.150. The van der Waals surface area contributed by atoms with Gasteiger partial charge in [0.15, 0.2) is 0 Å². The van der Waals surface area contributed by atoms with Gasteiger partial charge < -0.3 is 4.90 Å². The fourth-order valence-corrected chi connectivity index (χ4v) is 3.50. The number of carbonyl (C=O) groups excluding carboxylic acids is 1. The van der Waals surface area contributed by atoms with Crippen LogP contribution in [0.4, 0.5) is 0 Å². The number of hydrogen-bond donors (Lipinski definition) is 0. The summed E-state index contributed by atoms with van der Waals surface area (Å²) in [5, 5.41) is 0. The molecule has 0 aromatic heterocycles. The second-order valence-corrected chi connectivity index (χ2v) is 6.63. The van der Waals surface area contributed by atoms with Crippen molar-refractivity contribution in [2.24, 2.45) is 0 Å². The number of rotatable bonds is 5. The Hall–Kier alpha value is -3.13. The van der Waals surface area contributed by atoms with Gasteiger partial charge in [0.05, 0.1) is 0 Å². The van der Waals surface area contributed by atoms with E-state index in [1.54, 1.807) is 0 Å². The lowest BCUT2D eigenvalue weighted by atomic mass is 9.97. The van der Waals surface area contributed by atoms with Crippen LogP contribution < -0.4 is 0 Å². The van der Waals surface area contributed by atoms with Crippen molar-refractivity contribution < 1.29 is 4.79 Å². The maximum Gasteiger partial charge on any atom is 0.251 e. The first-order valence-electron chi connectivity index (χ1n) is 8.96. The molecule has 0 atom stereocenters. The highest BCUT2D eigenvalue weighted by molar-refractivity contribution is 6.06. The smallest absolute Gasteiger partial charge is 0.251 e. The van der Waals surface area contributed by atoms with E-state index in [-0.39, 0.29) is 5.91 Å². The summed E-state index contributed by atoms with van der Waals surface area (Å²) in [5.41, 5.74) is 5.54. The highest BCUT2D eigenvalue weighted by Crippen LogP contribution is 2.31. The van der Waals surface area contributed by atoms with Crippen LogP contribution in [0.15, 0.2) is 96.6 Å². The van der Waals surface area contributed by atoms with Crippen molar-refractivity contribution >= 4 is 11.5 Å². The van der Waals surface area contributed by atoms with E-state index in [1.165, 1.54) is 5.56 Å². The number of carbonyl (C=O) groups is 1. The van der Waals surface area contributed by atoms with Crippen LogP contribution in [0.1, 0.15) is 16.7 Å². The molecule has 0 spiro atoms. The standard InChI is InChI=1S/C24H21NO/c26-24-22(16-19-10-4-1-5-11-19)23(21-14-8-3-9-15-21)18-25(24)17-20-12-6-2-7-13-20/h1-15H,16-18H2. The van der Waals surface area contributed by atoms with Gasteiger partial charge in [0.1, 0.15) is 0 Å². The highest BCUT2D eigenvalue weighted by atomic mass is 16.2. The van der Waals surface area contributed by atoms with Gasteiger partial charge >= 0.3 is 0 Å². The number of nitrogens with zero attached hydrogens (tertiary/aromatic N) is 1. The van der Waals surface area contributed by atoms with Crippen LogP contribution in [0.2, 0.25) is 0 Å². The Kier molecular flexibility index (Phi) is 4.65. The lowest BCUT2D eigenvalue weighted by molar-refractivity contribution is -0.126. The second kappa shape index (κ2) is 7.40. The number of hydrogen-bond acceptors (Lipinski definition) is 1. The summed E-state index contributed by atoms with van der Waals surface area (Å²) in [5.74, 6) is 0.150. The van der Waals surface area contributed by atoms with Crippen LogP contribution in [-0.4, -0.2) is 17.4 Å². The van der Waals surface area contributed by atoms with E-state index in [4.69, 9.17) is 0 Å². The van der Waals surface area contributed by atoms with Gasteiger partial charge in [0.2, 0.25) is 0 Å². The molecule has 1 aliphatic rings. The van der Waals surface area contributed by atoms with E-state index in [1.807, 2.05) is 59.5 Å². The molecule has 0 radical (unpaired) electrons. The summed E-state index contributed by atoms with van der Waals surface area (Å²) in [6.07, 6.45) is 0.676. The lowest BCUT2D eigenvalue weighted by Gasteiger charge is -2.17. The molecule has 1 heterocycles. The van der Waals surface area contributed by atoms with Crippen LogP contribution in [-0.2, 0) is 17.8 Å². The molecule has 4 rings (SSSR count). The van der Waals surface area contributed by atoms with Gasteiger partial charge in [-0.2, -0.15) is 0 Å². The van der Waals surface area contributed by atoms with Crippen molar-refractivity contribution in [1.82, 2.24) is 4.90 Å². The van der Waals surface area contributed by atoms with Gasteiger partial charge in [-0.15, -0.1) is 0 Å². The molecule has 3 aromatic rings. The molecule has 2 nitrogen and oxygen atoms in total. The van der Waals surface area contributed by atoms with Crippen LogP contribution in [0.3, 0.4) is 0 Å². The Morgan fingerprint density at radius 3 is 1.85 bits per heavy atom. The lowest BCUT2D eigenvalue weighted by Crippen LogP contribution is -2.27. The Balaban J connectivity index is 1.66. The first-order chi connectivity index (χ1) is 12.8. The van der Waals surface area contributed by atoms with E-state index in [0.717, 1.165) is 22.3 Å². The van der Waals surface area contributed by atoms with E-state index in [9.17, 15) is 4.79 Å². The fraction of sp³-hybridized carbons (Fsp3) is 0.125. The molecule has 128 valence electrons. The van der Waals surface area contributed by atoms with E-state index in [0.29, 0.717) is 19.5 Å². The van der Waals surface area contributed by atoms with Crippen molar-refractivity contribution in [3.63, 3.8) is 0 Å². The minimum absolute atomic E-state index is 0.150. The average molecular weight is 339 g/mol. The molecule has 0 saturated heterocycles. The SMILES string of the molecule is O=C1C(Cc2ccccc2)=C(c2ccccc2)CN1Cc1ccccc1. The Bertz CT molecular complexity index is 914. The third kappa shape index (κ3) is 3.45. The maximum atomic E-state index is 13.2. The highest BCUT2D eigenvalue weighted by Gasteiger charge is 2.30. The first-order valence-corrected chi connectivity index (χ1v) is 8.96. The topological polar surface area (TPSA) is 20.3 Å². The molecule has 3 aromatic carbocycles. The first kappa shape index (κ1) is 16.3. The van der Waals surface area contributed by atoms with Crippen molar-refractivity contribution in [3.05, 3.63) is 113 Å². The summed E-state index contributed by atoms with van der Waals surface area (Å²) in [7, 11) is 0. The van der Waals surface area contributed by atoms with Crippen LogP contribution in [0.25, 0.3) is 5.57 Å². The van der Waals surface area contributed by atoms with Crippen LogP contribution in [0, 0.1) is 0 Å². The van der Waals surface area contributed by atoms with Crippen molar-refractivity contribution in [2.45, 2.75) is 13.0 Å². The van der Waals surface area contributed by atoms with Gasteiger partial charge in [0.25, 0.3) is 5.91 Å². The largest absolute Gasteiger partial charge is 0.330 e. The van der Waals surface area contributed by atoms with Crippen molar-refractivity contribution in [3.8, 4) is 0 Å². The monoisotopic (exact) mass is 339 g/mol. The van der Waals surface area contributed by atoms with Gasteiger partial charge in [-0.05, 0) is 22.3 Å². The number of amides is 1. The third-order valence-corrected chi connectivity index (χ3v) is 4.82. The maximum absolute atomic E-state index is 13.2. The van der Waals surface area contributed by atoms with Crippen LogP contribution in [0.5, 0.6) is 0 Å². The van der Waals surface area contributed by atoms with Crippen molar-refractivity contribution in [1.29, 1.82) is 0 Å². The van der Waals surface area contributed by atoms with E-state index in [2.05, 4.69) is 36.4 Å². The fourth-order valence-electron chi connectivity index (χ4n) is 3.50. The summed E-state index contributed by atoms with van der Waals surface area (Å²) in [6, 6.07) is 30.7. The molecule has 0 aliphatic carbocycles. The Labute approximate surface area is 154 Å². The summed E-state index contributed by atoms with van der Waals surface area (Å²) in [4.78, 5) is 15.1. The van der Waals surface area contributed by atoms with Gasteiger partial charge in [-0.3, -0.25) is 4.79 Å². The third-order valence-electron chi connectivity index (χ3n) is 4.82. The molecule has 0 unspecified atom stereocenters. The minimum Gasteiger partial charge on any atom is -0.330 e.